The number of esters is 1. The third kappa shape index (κ3) is 4.36. The molecular weight excluding hydrogens is 386 g/mol. The number of amides is 2. The third-order valence-electron chi connectivity index (χ3n) is 5.40. The maximum atomic E-state index is 12.8. The molecule has 0 saturated carbocycles. The Bertz CT molecular complexity index is 895. The lowest BCUT2D eigenvalue weighted by Gasteiger charge is -2.30. The highest BCUT2D eigenvalue weighted by Crippen LogP contribution is 2.32. The van der Waals surface area contributed by atoms with Crippen molar-refractivity contribution < 1.29 is 14.3 Å². The topological polar surface area (TPSA) is 70.7 Å². The molecule has 1 aromatic carbocycles. The van der Waals surface area contributed by atoms with Gasteiger partial charge >= 0.3 is 12.0 Å². The molecule has 4 rings (SSSR count). The van der Waals surface area contributed by atoms with E-state index in [1.54, 1.807) is 6.92 Å². The zero-order chi connectivity index (χ0) is 20.2. The van der Waals surface area contributed by atoms with Crippen LogP contribution in [0.4, 0.5) is 4.79 Å². The highest BCUT2D eigenvalue weighted by atomic mass is 32.1. The van der Waals surface area contributed by atoms with Gasteiger partial charge in [-0.2, -0.15) is 0 Å². The number of rotatable bonds is 6. The third-order valence-corrected chi connectivity index (χ3v) is 6.34. The summed E-state index contributed by atoms with van der Waals surface area (Å²) in [7, 11) is 0. The van der Waals surface area contributed by atoms with Crippen molar-refractivity contribution in [2.24, 2.45) is 0 Å². The first-order valence-corrected chi connectivity index (χ1v) is 10.8. The molecule has 2 amide bonds. The van der Waals surface area contributed by atoms with E-state index in [1.165, 1.54) is 16.9 Å². The van der Waals surface area contributed by atoms with E-state index in [4.69, 9.17) is 4.74 Å². The summed E-state index contributed by atoms with van der Waals surface area (Å²) in [6.07, 6.45) is 1.06. The van der Waals surface area contributed by atoms with Gasteiger partial charge in [-0.15, -0.1) is 11.3 Å². The number of urea groups is 1. The molecule has 0 bridgehead atoms. The predicted molar refractivity (Wildman–Crippen MR) is 113 cm³/mol. The second-order valence-corrected chi connectivity index (χ2v) is 8.27. The molecule has 0 radical (unpaired) electrons. The lowest BCUT2D eigenvalue weighted by molar-refractivity contribution is -0.139. The summed E-state index contributed by atoms with van der Waals surface area (Å²) >= 11 is 1.52. The van der Waals surface area contributed by atoms with Gasteiger partial charge in [-0.1, -0.05) is 36.4 Å². The van der Waals surface area contributed by atoms with E-state index in [1.807, 2.05) is 23.6 Å². The summed E-state index contributed by atoms with van der Waals surface area (Å²) in [5, 5.41) is 7.69. The average Bonchev–Trinajstić information content (AvgIpc) is 3.41. The monoisotopic (exact) mass is 411 g/mol. The maximum Gasteiger partial charge on any atom is 0.338 e. The van der Waals surface area contributed by atoms with Gasteiger partial charge in [0.15, 0.2) is 0 Å². The highest BCUT2D eigenvalue weighted by Gasteiger charge is 2.35. The smallest absolute Gasteiger partial charge is 0.338 e. The summed E-state index contributed by atoms with van der Waals surface area (Å²) in [6.45, 7) is 4.42. The van der Waals surface area contributed by atoms with Crippen molar-refractivity contribution in [1.82, 2.24) is 15.5 Å². The van der Waals surface area contributed by atoms with Crippen LogP contribution in [0.1, 0.15) is 35.7 Å². The zero-order valence-corrected chi connectivity index (χ0v) is 17.2. The Balaban J connectivity index is 1.59. The number of likely N-dealkylation sites (tertiary alicyclic amines) is 1. The Labute approximate surface area is 174 Å². The van der Waals surface area contributed by atoms with Crippen molar-refractivity contribution in [2.45, 2.75) is 25.3 Å². The van der Waals surface area contributed by atoms with Crippen molar-refractivity contribution >= 4 is 23.3 Å². The van der Waals surface area contributed by atoms with Crippen molar-refractivity contribution in [1.29, 1.82) is 0 Å². The maximum absolute atomic E-state index is 12.8. The molecule has 1 aromatic heterocycles. The summed E-state index contributed by atoms with van der Waals surface area (Å²) in [6, 6.07) is 13.6. The molecule has 1 saturated heterocycles. The van der Waals surface area contributed by atoms with Crippen LogP contribution in [0, 0.1) is 0 Å². The SMILES string of the molecule is CCOC(=O)C1=C(CN2CC[C@@H](c3ccccc3)C2)NC(=O)N[C@H]1c1cccs1. The highest BCUT2D eigenvalue weighted by molar-refractivity contribution is 7.10. The molecule has 7 heteroatoms. The zero-order valence-electron chi connectivity index (χ0n) is 16.4. The first kappa shape index (κ1) is 19.7. The first-order chi connectivity index (χ1) is 14.2. The van der Waals surface area contributed by atoms with E-state index in [2.05, 4.69) is 39.8 Å². The van der Waals surface area contributed by atoms with Gasteiger partial charge in [0.1, 0.15) is 0 Å². The molecule has 29 heavy (non-hydrogen) atoms. The van der Waals surface area contributed by atoms with Crippen LogP contribution < -0.4 is 10.6 Å². The molecule has 2 aliphatic rings. The fourth-order valence-corrected chi connectivity index (χ4v) is 4.84. The molecule has 0 aliphatic carbocycles. The van der Waals surface area contributed by atoms with Gasteiger partial charge < -0.3 is 15.4 Å². The van der Waals surface area contributed by atoms with Gasteiger partial charge in [-0.25, -0.2) is 9.59 Å². The second kappa shape index (κ2) is 8.80. The van der Waals surface area contributed by atoms with E-state index in [-0.39, 0.29) is 12.0 Å². The van der Waals surface area contributed by atoms with Crippen molar-refractivity contribution in [3.8, 4) is 0 Å². The first-order valence-electron chi connectivity index (χ1n) is 9.94. The van der Waals surface area contributed by atoms with E-state index in [0.29, 0.717) is 30.3 Å². The van der Waals surface area contributed by atoms with Crippen molar-refractivity contribution in [3.05, 3.63) is 69.6 Å². The molecular formula is C22H25N3O3S. The number of ether oxygens (including phenoxy) is 1. The number of nitrogens with one attached hydrogen (secondary N) is 2. The van der Waals surface area contributed by atoms with Gasteiger partial charge in [-0.3, -0.25) is 4.90 Å². The Morgan fingerprint density at radius 1 is 1.24 bits per heavy atom. The van der Waals surface area contributed by atoms with E-state index < -0.39 is 6.04 Å². The Morgan fingerprint density at radius 3 is 2.79 bits per heavy atom. The molecule has 2 atom stereocenters. The molecule has 1 fully saturated rings. The molecule has 0 spiro atoms. The Kier molecular flexibility index (Phi) is 5.97. The number of carbonyl (C=O) groups excluding carboxylic acids is 2. The minimum atomic E-state index is -0.481. The summed E-state index contributed by atoms with van der Waals surface area (Å²) in [4.78, 5) is 28.4. The van der Waals surface area contributed by atoms with Crippen LogP contribution >= 0.6 is 11.3 Å². The number of carbonyl (C=O) groups is 2. The summed E-state index contributed by atoms with van der Waals surface area (Å²) in [5.41, 5.74) is 2.47. The molecule has 152 valence electrons. The van der Waals surface area contributed by atoms with Gasteiger partial charge in [0.2, 0.25) is 0 Å². The van der Waals surface area contributed by atoms with Crippen LogP contribution in [0.15, 0.2) is 59.1 Å². The average molecular weight is 412 g/mol. The number of nitrogens with zero attached hydrogens (tertiary/aromatic N) is 1. The Hall–Kier alpha value is -2.64. The summed E-state index contributed by atoms with van der Waals surface area (Å²) in [5.74, 6) is 0.0839. The normalized spacial score (nSPS) is 22.3. The van der Waals surface area contributed by atoms with Crippen LogP contribution in [0.3, 0.4) is 0 Å². The molecule has 2 N–H and O–H groups in total. The van der Waals surface area contributed by atoms with Gasteiger partial charge in [0, 0.05) is 23.7 Å². The lowest BCUT2D eigenvalue weighted by Crippen LogP contribution is -2.48. The van der Waals surface area contributed by atoms with Crippen LogP contribution in [-0.2, 0) is 9.53 Å². The van der Waals surface area contributed by atoms with Crippen molar-refractivity contribution in [2.75, 3.05) is 26.2 Å². The predicted octanol–water partition coefficient (Wildman–Crippen LogP) is 3.41. The Morgan fingerprint density at radius 2 is 2.07 bits per heavy atom. The van der Waals surface area contributed by atoms with Crippen LogP contribution in [-0.4, -0.2) is 43.1 Å². The standard InChI is InChI=1S/C22H25N3O3S/c1-2-28-21(26)19-17(23-22(27)24-20(19)18-9-6-12-29-18)14-25-11-10-16(13-25)15-7-4-3-5-8-15/h3-9,12,16,20H,2,10-11,13-14H2,1H3,(H2,23,24,27)/t16-,20+/m1/s1. The van der Waals surface area contributed by atoms with E-state index >= 15 is 0 Å². The molecule has 2 aromatic rings. The molecule has 0 unspecified atom stereocenters. The van der Waals surface area contributed by atoms with Gasteiger partial charge in [-0.05, 0) is 42.8 Å². The van der Waals surface area contributed by atoms with Crippen molar-refractivity contribution in [3.63, 3.8) is 0 Å². The van der Waals surface area contributed by atoms with Gasteiger partial charge in [0.05, 0.1) is 18.2 Å². The van der Waals surface area contributed by atoms with Crippen LogP contribution in [0.25, 0.3) is 0 Å². The number of hydrogen-bond acceptors (Lipinski definition) is 5. The minimum Gasteiger partial charge on any atom is -0.463 e. The molecule has 6 nitrogen and oxygen atoms in total. The van der Waals surface area contributed by atoms with Gasteiger partial charge in [0.25, 0.3) is 0 Å². The largest absolute Gasteiger partial charge is 0.463 e. The van der Waals surface area contributed by atoms with Crippen LogP contribution in [0.2, 0.25) is 0 Å². The fourth-order valence-electron chi connectivity index (χ4n) is 4.06. The lowest BCUT2D eigenvalue weighted by atomic mass is 9.98. The second-order valence-electron chi connectivity index (χ2n) is 7.29. The quantitative estimate of drug-likeness (QED) is 0.715. The molecule has 2 aliphatic heterocycles. The fraction of sp³-hybridized carbons (Fsp3) is 0.364. The van der Waals surface area contributed by atoms with Crippen LogP contribution in [0.5, 0.6) is 0 Å². The minimum absolute atomic E-state index is 0.287. The number of thiophene rings is 1. The van der Waals surface area contributed by atoms with E-state index in [9.17, 15) is 9.59 Å². The van der Waals surface area contributed by atoms with E-state index in [0.717, 1.165) is 24.4 Å². The molecule has 3 heterocycles. The number of hydrogen-bond donors (Lipinski definition) is 2. The number of benzene rings is 1. The summed E-state index contributed by atoms with van der Waals surface area (Å²) < 4.78 is 5.33.